The van der Waals surface area contributed by atoms with Crippen LogP contribution < -0.4 is 4.90 Å². The molecule has 1 aromatic carbocycles. The van der Waals surface area contributed by atoms with Crippen LogP contribution in [-0.4, -0.2) is 13.1 Å². The standard InChI is InChI=1S/C10H9BrClN/c11-10-8(12)4-3-5-9(10)13-6-1-2-7-13/h1-5H,6-7H2. The molecule has 1 aliphatic rings. The minimum Gasteiger partial charge on any atom is -0.363 e. The van der Waals surface area contributed by atoms with E-state index < -0.39 is 0 Å². The Bertz CT molecular complexity index is 341. The molecule has 0 radical (unpaired) electrons. The molecule has 0 saturated heterocycles. The number of halogens is 2. The van der Waals surface area contributed by atoms with Gasteiger partial charge in [-0.1, -0.05) is 29.8 Å². The largest absolute Gasteiger partial charge is 0.363 e. The van der Waals surface area contributed by atoms with E-state index >= 15 is 0 Å². The molecule has 0 N–H and O–H groups in total. The van der Waals surface area contributed by atoms with Gasteiger partial charge in [-0.2, -0.15) is 0 Å². The van der Waals surface area contributed by atoms with Gasteiger partial charge in [0.1, 0.15) is 0 Å². The van der Waals surface area contributed by atoms with Crippen molar-refractivity contribution in [1.29, 1.82) is 0 Å². The van der Waals surface area contributed by atoms with Crippen LogP contribution in [0.5, 0.6) is 0 Å². The molecule has 0 atom stereocenters. The van der Waals surface area contributed by atoms with Crippen LogP contribution in [0.3, 0.4) is 0 Å². The highest BCUT2D eigenvalue weighted by Gasteiger charge is 2.12. The molecule has 2 rings (SSSR count). The first-order chi connectivity index (χ1) is 6.29. The highest BCUT2D eigenvalue weighted by atomic mass is 79.9. The molecule has 68 valence electrons. The van der Waals surface area contributed by atoms with Crippen molar-refractivity contribution in [1.82, 2.24) is 0 Å². The molecule has 0 aromatic heterocycles. The van der Waals surface area contributed by atoms with E-state index in [1.165, 1.54) is 0 Å². The molecule has 0 fully saturated rings. The summed E-state index contributed by atoms with van der Waals surface area (Å²) in [5.74, 6) is 0. The fourth-order valence-electron chi connectivity index (χ4n) is 1.41. The van der Waals surface area contributed by atoms with Crippen LogP contribution in [0.2, 0.25) is 5.02 Å². The first kappa shape index (κ1) is 9.10. The number of anilines is 1. The average Bonchev–Trinajstić information content (AvgIpc) is 2.62. The summed E-state index contributed by atoms with van der Waals surface area (Å²) in [4.78, 5) is 2.26. The molecule has 0 saturated carbocycles. The monoisotopic (exact) mass is 257 g/mol. The summed E-state index contributed by atoms with van der Waals surface area (Å²) in [6.07, 6.45) is 4.32. The Balaban J connectivity index is 2.34. The van der Waals surface area contributed by atoms with Crippen LogP contribution in [0.15, 0.2) is 34.8 Å². The molecule has 3 heteroatoms. The summed E-state index contributed by atoms with van der Waals surface area (Å²) in [6, 6.07) is 5.93. The molecule has 1 nitrogen and oxygen atoms in total. The molecule has 0 bridgehead atoms. The first-order valence-electron chi connectivity index (χ1n) is 4.13. The summed E-state index contributed by atoms with van der Waals surface area (Å²) in [7, 11) is 0. The van der Waals surface area contributed by atoms with E-state index in [1.807, 2.05) is 12.1 Å². The lowest BCUT2D eigenvalue weighted by Gasteiger charge is -2.19. The normalized spacial score (nSPS) is 15.4. The Kier molecular flexibility index (Phi) is 2.61. The zero-order valence-corrected chi connectivity index (χ0v) is 9.35. The van der Waals surface area contributed by atoms with Crippen LogP contribution >= 0.6 is 27.5 Å². The lowest BCUT2D eigenvalue weighted by molar-refractivity contribution is 1.00. The van der Waals surface area contributed by atoms with Gasteiger partial charge >= 0.3 is 0 Å². The molecular formula is C10H9BrClN. The third-order valence-corrected chi connectivity index (χ3v) is 3.47. The van der Waals surface area contributed by atoms with Gasteiger partial charge in [0.15, 0.2) is 0 Å². The highest BCUT2D eigenvalue weighted by Crippen LogP contribution is 2.33. The Labute approximate surface area is 91.1 Å². The second-order valence-electron chi connectivity index (χ2n) is 2.95. The number of hydrogen-bond donors (Lipinski definition) is 0. The van der Waals surface area contributed by atoms with E-state index in [0.29, 0.717) is 0 Å². The van der Waals surface area contributed by atoms with Crippen LogP contribution in [0, 0.1) is 0 Å². The van der Waals surface area contributed by atoms with Gasteiger partial charge < -0.3 is 4.90 Å². The van der Waals surface area contributed by atoms with Gasteiger partial charge in [0, 0.05) is 13.1 Å². The zero-order valence-electron chi connectivity index (χ0n) is 7.00. The van der Waals surface area contributed by atoms with E-state index in [0.717, 1.165) is 28.3 Å². The van der Waals surface area contributed by atoms with Gasteiger partial charge in [-0.3, -0.25) is 0 Å². The molecule has 0 amide bonds. The van der Waals surface area contributed by atoms with Crippen molar-refractivity contribution in [3.8, 4) is 0 Å². The summed E-state index contributed by atoms with van der Waals surface area (Å²) in [6.45, 7) is 1.94. The van der Waals surface area contributed by atoms with Gasteiger partial charge in [0.2, 0.25) is 0 Å². The molecule has 1 aromatic rings. The van der Waals surface area contributed by atoms with Crippen molar-refractivity contribution in [2.45, 2.75) is 0 Å². The Morgan fingerprint density at radius 1 is 1.23 bits per heavy atom. The lowest BCUT2D eigenvalue weighted by atomic mass is 10.3. The number of rotatable bonds is 1. The summed E-state index contributed by atoms with van der Waals surface area (Å²) in [5.41, 5.74) is 1.16. The van der Waals surface area contributed by atoms with Gasteiger partial charge in [-0.25, -0.2) is 0 Å². The number of hydrogen-bond acceptors (Lipinski definition) is 1. The van der Waals surface area contributed by atoms with E-state index in [9.17, 15) is 0 Å². The Morgan fingerprint density at radius 2 is 1.92 bits per heavy atom. The van der Waals surface area contributed by atoms with Crippen LogP contribution in [0.1, 0.15) is 0 Å². The van der Waals surface area contributed by atoms with Gasteiger partial charge in [-0.15, -0.1) is 0 Å². The maximum atomic E-state index is 6.00. The quantitative estimate of drug-likeness (QED) is 0.697. The number of benzene rings is 1. The summed E-state index contributed by atoms with van der Waals surface area (Å²) < 4.78 is 0.986. The molecule has 0 aliphatic carbocycles. The minimum absolute atomic E-state index is 0.768. The number of nitrogens with zero attached hydrogens (tertiary/aromatic N) is 1. The predicted octanol–water partition coefficient (Wildman–Crippen LogP) is 3.48. The third-order valence-electron chi connectivity index (χ3n) is 2.09. The van der Waals surface area contributed by atoms with E-state index in [2.05, 4.69) is 39.0 Å². The van der Waals surface area contributed by atoms with Crippen molar-refractivity contribution < 1.29 is 0 Å². The lowest BCUT2D eigenvalue weighted by Crippen LogP contribution is -2.18. The second-order valence-corrected chi connectivity index (χ2v) is 4.15. The van der Waals surface area contributed by atoms with E-state index in [4.69, 9.17) is 11.6 Å². The van der Waals surface area contributed by atoms with Crippen LogP contribution in [0.25, 0.3) is 0 Å². The molecule has 1 aliphatic heterocycles. The average molecular weight is 259 g/mol. The fraction of sp³-hybridized carbons (Fsp3) is 0.200. The summed E-state index contributed by atoms with van der Waals surface area (Å²) in [5, 5.41) is 0.768. The zero-order chi connectivity index (χ0) is 9.26. The molecule has 0 unspecified atom stereocenters. The van der Waals surface area contributed by atoms with E-state index in [1.54, 1.807) is 0 Å². The van der Waals surface area contributed by atoms with Crippen molar-refractivity contribution in [3.05, 3.63) is 39.8 Å². The Morgan fingerprint density at radius 3 is 2.62 bits per heavy atom. The molecule has 13 heavy (non-hydrogen) atoms. The molecular weight excluding hydrogens is 249 g/mol. The minimum atomic E-state index is 0.768. The van der Waals surface area contributed by atoms with Gasteiger partial charge in [0.05, 0.1) is 15.2 Å². The first-order valence-corrected chi connectivity index (χ1v) is 5.30. The van der Waals surface area contributed by atoms with Crippen LogP contribution in [-0.2, 0) is 0 Å². The second kappa shape index (κ2) is 3.72. The topological polar surface area (TPSA) is 3.24 Å². The SMILES string of the molecule is Clc1cccc(N2CC=CC2)c1Br. The third kappa shape index (κ3) is 1.74. The maximum Gasteiger partial charge on any atom is 0.0595 e. The van der Waals surface area contributed by atoms with Crippen molar-refractivity contribution in [3.63, 3.8) is 0 Å². The van der Waals surface area contributed by atoms with Crippen LogP contribution in [0.4, 0.5) is 5.69 Å². The highest BCUT2D eigenvalue weighted by molar-refractivity contribution is 9.10. The van der Waals surface area contributed by atoms with Crippen molar-refractivity contribution in [2.75, 3.05) is 18.0 Å². The molecule has 0 spiro atoms. The predicted molar refractivity (Wildman–Crippen MR) is 60.5 cm³/mol. The smallest absolute Gasteiger partial charge is 0.0595 e. The maximum absolute atomic E-state index is 6.00. The molecule has 1 heterocycles. The van der Waals surface area contributed by atoms with Crippen molar-refractivity contribution in [2.24, 2.45) is 0 Å². The summed E-state index contributed by atoms with van der Waals surface area (Å²) >= 11 is 9.49. The van der Waals surface area contributed by atoms with Gasteiger partial charge in [-0.05, 0) is 28.1 Å². The van der Waals surface area contributed by atoms with Crippen molar-refractivity contribution >= 4 is 33.2 Å². The van der Waals surface area contributed by atoms with E-state index in [-0.39, 0.29) is 0 Å². The fourth-order valence-corrected chi connectivity index (χ4v) is 2.10. The van der Waals surface area contributed by atoms with Gasteiger partial charge in [0.25, 0.3) is 0 Å². The Hall–Kier alpha value is -0.470.